The first-order valence-electron chi connectivity index (χ1n) is 4.39. The van der Waals surface area contributed by atoms with Crippen LogP contribution in [-0.2, 0) is 6.54 Å². The molecule has 0 aliphatic carbocycles. The highest BCUT2D eigenvalue weighted by Crippen LogP contribution is 1.95. The zero-order valence-corrected chi connectivity index (χ0v) is 8.02. The summed E-state index contributed by atoms with van der Waals surface area (Å²) in [4.78, 5) is 7.29. The van der Waals surface area contributed by atoms with Gasteiger partial charge in [-0.25, -0.2) is 4.98 Å². The molecule has 0 saturated heterocycles. The van der Waals surface area contributed by atoms with Crippen LogP contribution >= 0.6 is 0 Å². The molecule has 1 heterocycles. The van der Waals surface area contributed by atoms with E-state index in [2.05, 4.69) is 29.1 Å². The number of aryl methyl sites for hydroxylation is 1. The summed E-state index contributed by atoms with van der Waals surface area (Å²) in [5.41, 5.74) is 1.16. The molecule has 0 radical (unpaired) electrons. The molecular weight excluding hydrogens is 150 g/mol. The lowest BCUT2D eigenvalue weighted by atomic mass is 10.2. The fourth-order valence-corrected chi connectivity index (χ4v) is 1.06. The van der Waals surface area contributed by atoms with Gasteiger partial charge in [0.1, 0.15) is 5.82 Å². The zero-order chi connectivity index (χ0) is 8.97. The van der Waals surface area contributed by atoms with Crippen molar-refractivity contribution in [1.29, 1.82) is 0 Å². The van der Waals surface area contributed by atoms with Gasteiger partial charge in [0.25, 0.3) is 0 Å². The van der Waals surface area contributed by atoms with Crippen LogP contribution in [0.25, 0.3) is 0 Å². The molecule has 0 spiro atoms. The van der Waals surface area contributed by atoms with E-state index in [1.165, 1.54) is 0 Å². The topological polar surface area (TPSA) is 40.7 Å². The van der Waals surface area contributed by atoms with Crippen molar-refractivity contribution in [3.8, 4) is 0 Å². The fourth-order valence-electron chi connectivity index (χ4n) is 1.06. The molecule has 12 heavy (non-hydrogen) atoms. The SMILES string of the molecule is Cc1ncc(CNCC(C)C)[nH]1. The zero-order valence-electron chi connectivity index (χ0n) is 8.02. The minimum atomic E-state index is 0.703. The molecule has 0 bridgehead atoms. The number of aromatic amines is 1. The van der Waals surface area contributed by atoms with E-state index in [0.717, 1.165) is 24.6 Å². The van der Waals surface area contributed by atoms with Crippen LogP contribution in [0.1, 0.15) is 25.4 Å². The fraction of sp³-hybridized carbons (Fsp3) is 0.667. The van der Waals surface area contributed by atoms with Crippen LogP contribution in [-0.4, -0.2) is 16.5 Å². The molecule has 0 aliphatic rings. The van der Waals surface area contributed by atoms with Crippen LogP contribution in [0.3, 0.4) is 0 Å². The van der Waals surface area contributed by atoms with Gasteiger partial charge in [-0.15, -0.1) is 0 Å². The summed E-state index contributed by atoms with van der Waals surface area (Å²) in [7, 11) is 0. The van der Waals surface area contributed by atoms with Gasteiger partial charge in [-0.2, -0.15) is 0 Å². The highest BCUT2D eigenvalue weighted by atomic mass is 15.0. The summed E-state index contributed by atoms with van der Waals surface area (Å²) < 4.78 is 0. The second-order valence-electron chi connectivity index (χ2n) is 3.52. The van der Waals surface area contributed by atoms with Crippen LogP contribution in [0.2, 0.25) is 0 Å². The average Bonchev–Trinajstić information content (AvgIpc) is 2.35. The molecular formula is C9H17N3. The third-order valence-corrected chi connectivity index (χ3v) is 1.62. The first kappa shape index (κ1) is 9.26. The normalized spacial score (nSPS) is 11.0. The first-order chi connectivity index (χ1) is 5.68. The van der Waals surface area contributed by atoms with Crippen molar-refractivity contribution in [2.45, 2.75) is 27.3 Å². The van der Waals surface area contributed by atoms with E-state index >= 15 is 0 Å². The van der Waals surface area contributed by atoms with Gasteiger partial charge in [-0.05, 0) is 19.4 Å². The highest BCUT2D eigenvalue weighted by molar-refractivity contribution is 4.99. The van der Waals surface area contributed by atoms with Gasteiger partial charge in [0.05, 0.1) is 0 Å². The number of nitrogens with one attached hydrogen (secondary N) is 2. The summed E-state index contributed by atoms with van der Waals surface area (Å²) in [6.45, 7) is 8.31. The Morgan fingerprint density at radius 2 is 2.33 bits per heavy atom. The molecule has 0 amide bonds. The minimum Gasteiger partial charge on any atom is -0.345 e. The molecule has 0 aliphatic heterocycles. The van der Waals surface area contributed by atoms with Gasteiger partial charge < -0.3 is 10.3 Å². The Labute approximate surface area is 73.6 Å². The Morgan fingerprint density at radius 1 is 1.58 bits per heavy atom. The van der Waals surface area contributed by atoms with Crippen molar-refractivity contribution in [1.82, 2.24) is 15.3 Å². The molecule has 1 aromatic rings. The van der Waals surface area contributed by atoms with Crippen LogP contribution in [0.15, 0.2) is 6.20 Å². The number of H-pyrrole nitrogens is 1. The predicted octanol–water partition coefficient (Wildman–Crippen LogP) is 1.46. The predicted molar refractivity (Wildman–Crippen MR) is 49.9 cm³/mol. The minimum absolute atomic E-state index is 0.703. The molecule has 0 aromatic carbocycles. The molecule has 0 atom stereocenters. The largest absolute Gasteiger partial charge is 0.345 e. The van der Waals surface area contributed by atoms with Gasteiger partial charge in [0.2, 0.25) is 0 Å². The van der Waals surface area contributed by atoms with Crippen molar-refractivity contribution in [2.24, 2.45) is 5.92 Å². The van der Waals surface area contributed by atoms with E-state index in [0.29, 0.717) is 5.92 Å². The number of imidazole rings is 1. The quantitative estimate of drug-likeness (QED) is 0.713. The molecule has 2 N–H and O–H groups in total. The van der Waals surface area contributed by atoms with Crippen molar-refractivity contribution < 1.29 is 0 Å². The maximum absolute atomic E-state index is 4.12. The van der Waals surface area contributed by atoms with E-state index in [1.807, 2.05) is 13.1 Å². The summed E-state index contributed by atoms with van der Waals surface area (Å²) in [5, 5.41) is 3.34. The molecule has 0 unspecified atom stereocenters. The summed E-state index contributed by atoms with van der Waals surface area (Å²) in [6, 6.07) is 0. The first-order valence-corrected chi connectivity index (χ1v) is 4.39. The molecule has 1 aromatic heterocycles. The maximum atomic E-state index is 4.12. The maximum Gasteiger partial charge on any atom is 0.103 e. The summed E-state index contributed by atoms with van der Waals surface area (Å²) in [6.07, 6.45) is 1.88. The lowest BCUT2D eigenvalue weighted by Crippen LogP contribution is -2.19. The van der Waals surface area contributed by atoms with Crippen molar-refractivity contribution in [3.05, 3.63) is 17.7 Å². The third-order valence-electron chi connectivity index (χ3n) is 1.62. The van der Waals surface area contributed by atoms with E-state index in [4.69, 9.17) is 0 Å². The van der Waals surface area contributed by atoms with Gasteiger partial charge >= 0.3 is 0 Å². The van der Waals surface area contributed by atoms with Crippen LogP contribution in [0.4, 0.5) is 0 Å². The standard InChI is InChI=1S/C9H17N3/c1-7(2)4-10-5-9-6-11-8(3)12-9/h6-7,10H,4-5H2,1-3H3,(H,11,12). The monoisotopic (exact) mass is 167 g/mol. The second-order valence-corrected chi connectivity index (χ2v) is 3.52. The summed E-state index contributed by atoms with van der Waals surface area (Å²) >= 11 is 0. The third kappa shape index (κ3) is 3.05. The lowest BCUT2D eigenvalue weighted by molar-refractivity contribution is 0.549. The van der Waals surface area contributed by atoms with E-state index in [1.54, 1.807) is 0 Å². The summed E-state index contributed by atoms with van der Waals surface area (Å²) in [5.74, 6) is 1.69. The Hall–Kier alpha value is -0.830. The Morgan fingerprint density at radius 3 is 2.83 bits per heavy atom. The molecule has 3 heteroatoms. The molecule has 68 valence electrons. The van der Waals surface area contributed by atoms with E-state index in [-0.39, 0.29) is 0 Å². The molecule has 3 nitrogen and oxygen atoms in total. The van der Waals surface area contributed by atoms with E-state index < -0.39 is 0 Å². The van der Waals surface area contributed by atoms with E-state index in [9.17, 15) is 0 Å². The average molecular weight is 167 g/mol. The Bertz CT molecular complexity index is 227. The van der Waals surface area contributed by atoms with Crippen LogP contribution < -0.4 is 5.32 Å². The number of nitrogens with zero attached hydrogens (tertiary/aromatic N) is 1. The highest BCUT2D eigenvalue weighted by Gasteiger charge is 1.96. The Kier molecular flexibility index (Phi) is 3.29. The van der Waals surface area contributed by atoms with Crippen molar-refractivity contribution in [2.75, 3.05) is 6.54 Å². The number of aromatic nitrogens is 2. The van der Waals surface area contributed by atoms with Gasteiger partial charge in [-0.1, -0.05) is 13.8 Å². The van der Waals surface area contributed by atoms with Crippen LogP contribution in [0.5, 0.6) is 0 Å². The van der Waals surface area contributed by atoms with Crippen molar-refractivity contribution in [3.63, 3.8) is 0 Å². The smallest absolute Gasteiger partial charge is 0.103 e. The molecule has 1 rings (SSSR count). The van der Waals surface area contributed by atoms with Gasteiger partial charge in [0.15, 0.2) is 0 Å². The number of rotatable bonds is 4. The Balaban J connectivity index is 2.24. The molecule has 0 fully saturated rings. The number of hydrogen-bond donors (Lipinski definition) is 2. The lowest BCUT2D eigenvalue weighted by Gasteiger charge is -2.04. The molecule has 0 saturated carbocycles. The second kappa shape index (κ2) is 4.26. The van der Waals surface area contributed by atoms with Gasteiger partial charge in [-0.3, -0.25) is 0 Å². The van der Waals surface area contributed by atoms with Gasteiger partial charge in [0, 0.05) is 18.4 Å². The number of hydrogen-bond acceptors (Lipinski definition) is 2. The van der Waals surface area contributed by atoms with Crippen molar-refractivity contribution >= 4 is 0 Å². The van der Waals surface area contributed by atoms with Crippen LogP contribution in [0, 0.1) is 12.8 Å².